The molecule has 100 valence electrons. The Balaban J connectivity index is 4.29. The van der Waals surface area contributed by atoms with E-state index in [0.717, 1.165) is 12.8 Å². The van der Waals surface area contributed by atoms with Crippen LogP contribution in [0, 0.1) is 0 Å². The fourth-order valence-corrected chi connectivity index (χ4v) is 1.03. The highest BCUT2D eigenvalue weighted by atomic mass is 16.5. The summed E-state index contributed by atoms with van der Waals surface area (Å²) in [5, 5.41) is 0. The second kappa shape index (κ2) is 9.22. The fourth-order valence-electron chi connectivity index (χ4n) is 1.03. The fraction of sp³-hybridized carbons (Fsp3) is 0.429. The van der Waals surface area contributed by atoms with E-state index in [9.17, 15) is 9.59 Å². The smallest absolute Gasteiger partial charge is 0.337 e. The van der Waals surface area contributed by atoms with Gasteiger partial charge in [-0.2, -0.15) is 0 Å². The number of carbonyl (C=O) groups is 2. The van der Waals surface area contributed by atoms with Crippen molar-refractivity contribution in [1.82, 2.24) is 0 Å². The summed E-state index contributed by atoms with van der Waals surface area (Å²) in [5.41, 5.74) is 0.438. The first-order valence-electron chi connectivity index (χ1n) is 5.85. The Morgan fingerprint density at radius 1 is 1.22 bits per heavy atom. The molecule has 0 aliphatic carbocycles. The molecule has 0 unspecified atom stereocenters. The molecule has 0 heterocycles. The zero-order valence-electron chi connectivity index (χ0n) is 11.0. The molecule has 18 heavy (non-hydrogen) atoms. The summed E-state index contributed by atoms with van der Waals surface area (Å²) in [7, 11) is 0. The third kappa shape index (κ3) is 6.68. The molecule has 0 saturated heterocycles. The lowest BCUT2D eigenvalue weighted by molar-refractivity contribution is -0.138. The Morgan fingerprint density at radius 2 is 1.89 bits per heavy atom. The van der Waals surface area contributed by atoms with Crippen LogP contribution in [-0.2, 0) is 19.1 Å². The van der Waals surface area contributed by atoms with Crippen molar-refractivity contribution >= 4 is 11.9 Å². The van der Waals surface area contributed by atoms with Gasteiger partial charge in [0, 0.05) is 5.57 Å². The van der Waals surface area contributed by atoms with Crippen LogP contribution in [0.2, 0.25) is 0 Å². The first-order chi connectivity index (χ1) is 8.52. The van der Waals surface area contributed by atoms with Gasteiger partial charge in [0.25, 0.3) is 0 Å². The first kappa shape index (κ1) is 16.2. The van der Waals surface area contributed by atoms with E-state index in [-0.39, 0.29) is 12.2 Å². The maximum atomic E-state index is 11.5. The van der Waals surface area contributed by atoms with Crippen LogP contribution in [-0.4, -0.2) is 25.2 Å². The predicted molar refractivity (Wildman–Crippen MR) is 69.9 cm³/mol. The predicted octanol–water partition coefficient (Wildman–Crippen LogP) is 2.56. The third-order valence-corrected chi connectivity index (χ3v) is 2.04. The van der Waals surface area contributed by atoms with E-state index in [0.29, 0.717) is 12.2 Å². The van der Waals surface area contributed by atoms with Gasteiger partial charge in [-0.15, -0.1) is 0 Å². The molecule has 0 aliphatic heterocycles. The van der Waals surface area contributed by atoms with Crippen LogP contribution >= 0.6 is 0 Å². The molecule has 0 saturated carbocycles. The average Bonchev–Trinajstić information content (AvgIpc) is 2.35. The number of carbonyl (C=O) groups excluding carboxylic acids is 2. The van der Waals surface area contributed by atoms with Crippen molar-refractivity contribution < 1.29 is 19.1 Å². The molecule has 0 N–H and O–H groups in total. The second-order valence-electron chi connectivity index (χ2n) is 3.73. The summed E-state index contributed by atoms with van der Waals surface area (Å²) in [4.78, 5) is 22.8. The summed E-state index contributed by atoms with van der Waals surface area (Å²) in [5.74, 6) is -1.02. The van der Waals surface area contributed by atoms with E-state index in [1.807, 2.05) is 6.92 Å². The van der Waals surface area contributed by atoms with Crippen LogP contribution in [0.3, 0.4) is 0 Å². The Kier molecular flexibility index (Phi) is 8.27. The van der Waals surface area contributed by atoms with Crippen LogP contribution in [0.5, 0.6) is 0 Å². The minimum Gasteiger partial charge on any atom is -0.462 e. The Labute approximate surface area is 108 Å². The van der Waals surface area contributed by atoms with E-state index in [2.05, 4.69) is 13.2 Å². The van der Waals surface area contributed by atoms with Gasteiger partial charge >= 0.3 is 11.9 Å². The van der Waals surface area contributed by atoms with Crippen LogP contribution in [0.1, 0.15) is 26.7 Å². The van der Waals surface area contributed by atoms with Crippen LogP contribution < -0.4 is 0 Å². The van der Waals surface area contributed by atoms with Crippen molar-refractivity contribution in [2.45, 2.75) is 26.7 Å². The minimum atomic E-state index is -0.515. The standard InChI is InChI=1S/C14H20O4/c1-5-7-9-18-14(16)12(4)10-11(3)13(15)17-8-6-2/h6,10H,2,4-5,7-9H2,1,3H3/b11-10+. The second-order valence-corrected chi connectivity index (χ2v) is 3.73. The summed E-state index contributed by atoms with van der Waals surface area (Å²) in [6.45, 7) is 11.0. The first-order valence-corrected chi connectivity index (χ1v) is 5.85. The SMILES string of the molecule is C=CCOC(=O)/C(C)=C/C(=C)C(=O)OCCCC. The molecule has 0 aliphatic rings. The summed E-state index contributed by atoms with van der Waals surface area (Å²) in [6, 6.07) is 0. The maximum absolute atomic E-state index is 11.5. The van der Waals surface area contributed by atoms with Gasteiger partial charge in [0.05, 0.1) is 12.2 Å². The summed E-state index contributed by atoms with van der Waals surface area (Å²) < 4.78 is 9.77. The Bertz CT molecular complexity index is 353. The number of rotatable bonds is 8. The molecule has 0 atom stereocenters. The van der Waals surface area contributed by atoms with Crippen molar-refractivity contribution in [3.63, 3.8) is 0 Å². The van der Waals surface area contributed by atoms with E-state index < -0.39 is 11.9 Å². The number of hydrogen-bond acceptors (Lipinski definition) is 4. The molecule has 0 rings (SSSR count). The Hall–Kier alpha value is -1.84. The molecule has 4 nitrogen and oxygen atoms in total. The molecule has 0 radical (unpaired) electrons. The normalized spacial score (nSPS) is 10.7. The van der Waals surface area contributed by atoms with E-state index in [1.54, 1.807) is 6.92 Å². The van der Waals surface area contributed by atoms with Crippen molar-refractivity contribution in [3.05, 3.63) is 36.5 Å². The molecular formula is C14H20O4. The van der Waals surface area contributed by atoms with Crippen LogP contribution in [0.25, 0.3) is 0 Å². The van der Waals surface area contributed by atoms with Gasteiger partial charge in [-0.3, -0.25) is 0 Å². The van der Waals surface area contributed by atoms with Crippen molar-refractivity contribution in [2.24, 2.45) is 0 Å². The Morgan fingerprint density at radius 3 is 2.44 bits per heavy atom. The molecule has 0 bridgehead atoms. The number of esters is 2. The van der Waals surface area contributed by atoms with Crippen molar-refractivity contribution in [3.8, 4) is 0 Å². The molecule has 0 aromatic rings. The van der Waals surface area contributed by atoms with Gasteiger partial charge in [0.1, 0.15) is 6.61 Å². The molecule has 0 spiro atoms. The van der Waals surface area contributed by atoms with E-state index >= 15 is 0 Å². The van der Waals surface area contributed by atoms with E-state index in [1.165, 1.54) is 12.2 Å². The van der Waals surface area contributed by atoms with E-state index in [4.69, 9.17) is 9.47 Å². The van der Waals surface area contributed by atoms with Gasteiger partial charge in [0.2, 0.25) is 0 Å². The largest absolute Gasteiger partial charge is 0.462 e. The topological polar surface area (TPSA) is 52.6 Å². The van der Waals surface area contributed by atoms with Gasteiger partial charge in [-0.1, -0.05) is 32.6 Å². The molecule has 4 heteroatoms. The maximum Gasteiger partial charge on any atom is 0.337 e. The highest BCUT2D eigenvalue weighted by Gasteiger charge is 2.10. The quantitative estimate of drug-likeness (QED) is 0.219. The van der Waals surface area contributed by atoms with Gasteiger partial charge in [-0.25, -0.2) is 9.59 Å². The van der Waals surface area contributed by atoms with Crippen LogP contribution in [0.15, 0.2) is 36.5 Å². The van der Waals surface area contributed by atoms with Crippen LogP contribution in [0.4, 0.5) is 0 Å². The summed E-state index contributed by atoms with van der Waals surface area (Å²) >= 11 is 0. The van der Waals surface area contributed by atoms with Gasteiger partial charge in [-0.05, 0) is 19.4 Å². The molecular weight excluding hydrogens is 232 g/mol. The van der Waals surface area contributed by atoms with Crippen molar-refractivity contribution in [2.75, 3.05) is 13.2 Å². The third-order valence-electron chi connectivity index (χ3n) is 2.04. The van der Waals surface area contributed by atoms with Gasteiger partial charge < -0.3 is 9.47 Å². The number of ether oxygens (including phenoxy) is 2. The molecule has 0 amide bonds. The lowest BCUT2D eigenvalue weighted by Crippen LogP contribution is -2.10. The molecule has 0 aromatic carbocycles. The lowest BCUT2D eigenvalue weighted by atomic mass is 10.2. The highest BCUT2D eigenvalue weighted by molar-refractivity contribution is 5.95. The zero-order valence-corrected chi connectivity index (χ0v) is 11.0. The average molecular weight is 252 g/mol. The van der Waals surface area contributed by atoms with Gasteiger partial charge in [0.15, 0.2) is 0 Å². The summed E-state index contributed by atoms with van der Waals surface area (Å²) in [6.07, 6.45) is 4.59. The molecule has 0 aromatic heterocycles. The van der Waals surface area contributed by atoms with Crippen molar-refractivity contribution in [1.29, 1.82) is 0 Å². The molecule has 0 fully saturated rings. The number of hydrogen-bond donors (Lipinski definition) is 0. The minimum absolute atomic E-state index is 0.136. The zero-order chi connectivity index (χ0) is 14.0. The lowest BCUT2D eigenvalue weighted by Gasteiger charge is -2.05. The monoisotopic (exact) mass is 252 g/mol. The highest BCUT2D eigenvalue weighted by Crippen LogP contribution is 2.05. The number of unbranched alkanes of at least 4 members (excludes halogenated alkanes) is 1.